The maximum atomic E-state index is 6.54. The third kappa shape index (κ3) is 3.19. The van der Waals surface area contributed by atoms with Crippen LogP contribution < -0.4 is 9.47 Å². The minimum absolute atomic E-state index is 0.362. The summed E-state index contributed by atoms with van der Waals surface area (Å²) in [5.41, 5.74) is 1.37. The Bertz CT molecular complexity index is 658. The average Bonchev–Trinajstić information content (AvgIpc) is 2.49. The molecule has 1 unspecified atom stereocenters. The summed E-state index contributed by atoms with van der Waals surface area (Å²) in [5.74, 6) is 0.963. The van der Waals surface area contributed by atoms with Gasteiger partial charge in [-0.1, -0.05) is 46.9 Å². The van der Waals surface area contributed by atoms with E-state index < -0.39 is 5.38 Å². The van der Waals surface area contributed by atoms with Gasteiger partial charge in [0.25, 0.3) is 0 Å². The van der Waals surface area contributed by atoms with E-state index in [2.05, 4.69) is 0 Å². The molecule has 0 saturated carbocycles. The fraction of sp³-hybridized carbons (Fsp3) is 0.200. The Kier molecular flexibility index (Phi) is 5.50. The zero-order chi connectivity index (χ0) is 15.6. The maximum Gasteiger partial charge on any atom is 0.146 e. The molecule has 21 heavy (non-hydrogen) atoms. The average molecular weight is 366 g/mol. The van der Waals surface area contributed by atoms with E-state index in [9.17, 15) is 0 Å². The molecule has 112 valence electrons. The summed E-state index contributed by atoms with van der Waals surface area (Å²) >= 11 is 25.0. The second kappa shape index (κ2) is 6.97. The van der Waals surface area contributed by atoms with Gasteiger partial charge in [0.2, 0.25) is 0 Å². The number of benzene rings is 2. The second-order valence-electron chi connectivity index (χ2n) is 4.21. The number of hydrogen-bond donors (Lipinski definition) is 0. The molecule has 2 aromatic rings. The van der Waals surface area contributed by atoms with Crippen LogP contribution in [0.25, 0.3) is 0 Å². The van der Waals surface area contributed by atoms with Crippen molar-refractivity contribution >= 4 is 46.4 Å². The van der Waals surface area contributed by atoms with E-state index in [0.29, 0.717) is 37.7 Å². The van der Waals surface area contributed by atoms with Crippen LogP contribution in [0.4, 0.5) is 0 Å². The van der Waals surface area contributed by atoms with Gasteiger partial charge in [0.05, 0.1) is 29.6 Å². The van der Waals surface area contributed by atoms with Crippen molar-refractivity contribution < 1.29 is 9.47 Å². The normalized spacial score (nSPS) is 12.1. The van der Waals surface area contributed by atoms with E-state index in [-0.39, 0.29) is 0 Å². The zero-order valence-corrected chi connectivity index (χ0v) is 14.3. The SMILES string of the molecule is COc1ccc(C(Cl)c2cccc(Cl)c2Cl)c(OC)c1Cl. The lowest BCUT2D eigenvalue weighted by molar-refractivity contribution is 0.392. The standard InChI is InChI=1S/C15H12Cl4O2/c1-20-11-7-6-9(15(21-2)14(11)19)12(17)8-4-3-5-10(16)13(8)18/h3-7,12H,1-2H3. The highest BCUT2D eigenvalue weighted by Gasteiger charge is 2.22. The van der Waals surface area contributed by atoms with Crippen LogP contribution in [0.2, 0.25) is 15.1 Å². The monoisotopic (exact) mass is 364 g/mol. The van der Waals surface area contributed by atoms with Crippen molar-refractivity contribution in [3.05, 3.63) is 56.5 Å². The highest BCUT2D eigenvalue weighted by atomic mass is 35.5. The van der Waals surface area contributed by atoms with Crippen LogP contribution in [0.3, 0.4) is 0 Å². The Morgan fingerprint density at radius 2 is 1.57 bits per heavy atom. The van der Waals surface area contributed by atoms with E-state index in [1.807, 2.05) is 6.07 Å². The van der Waals surface area contributed by atoms with Gasteiger partial charge in [-0.15, -0.1) is 11.6 Å². The summed E-state index contributed by atoms with van der Waals surface area (Å²) in [5, 5.41) is 0.669. The summed E-state index contributed by atoms with van der Waals surface area (Å²) in [6.07, 6.45) is 0. The van der Waals surface area contributed by atoms with Crippen molar-refractivity contribution in [2.24, 2.45) is 0 Å². The summed E-state index contributed by atoms with van der Waals surface area (Å²) in [6, 6.07) is 8.82. The third-order valence-electron chi connectivity index (χ3n) is 3.04. The van der Waals surface area contributed by atoms with Gasteiger partial charge in [0, 0.05) is 5.56 Å². The highest BCUT2D eigenvalue weighted by Crippen LogP contribution is 2.45. The predicted molar refractivity (Wildman–Crippen MR) is 88.7 cm³/mol. The molecule has 0 saturated heterocycles. The van der Waals surface area contributed by atoms with Gasteiger partial charge in [-0.05, 0) is 23.8 Å². The predicted octanol–water partition coefficient (Wildman–Crippen LogP) is 5.99. The van der Waals surface area contributed by atoms with Crippen molar-refractivity contribution in [1.82, 2.24) is 0 Å². The molecular weight excluding hydrogens is 354 g/mol. The Labute approximate surface area is 143 Å². The lowest BCUT2D eigenvalue weighted by Crippen LogP contribution is -2.00. The van der Waals surface area contributed by atoms with Crippen LogP contribution in [0.5, 0.6) is 11.5 Å². The van der Waals surface area contributed by atoms with E-state index >= 15 is 0 Å². The van der Waals surface area contributed by atoms with Crippen LogP contribution in [0.15, 0.2) is 30.3 Å². The summed E-state index contributed by atoms with van der Waals surface area (Å²) in [7, 11) is 3.06. The summed E-state index contributed by atoms with van der Waals surface area (Å²) in [6.45, 7) is 0. The molecule has 0 bridgehead atoms. The molecular formula is C15H12Cl4O2. The quantitative estimate of drug-likeness (QED) is 0.619. The van der Waals surface area contributed by atoms with Gasteiger partial charge in [-0.3, -0.25) is 0 Å². The van der Waals surface area contributed by atoms with Gasteiger partial charge < -0.3 is 9.47 Å². The van der Waals surface area contributed by atoms with Crippen molar-refractivity contribution in [3.63, 3.8) is 0 Å². The minimum atomic E-state index is -0.547. The van der Waals surface area contributed by atoms with Crippen molar-refractivity contribution in [2.75, 3.05) is 14.2 Å². The first-order valence-corrected chi connectivity index (χ1v) is 7.56. The summed E-state index contributed by atoms with van der Waals surface area (Å²) < 4.78 is 10.5. The maximum absolute atomic E-state index is 6.54. The molecule has 0 amide bonds. The second-order valence-corrected chi connectivity index (χ2v) is 5.81. The Hall–Kier alpha value is -0.800. The lowest BCUT2D eigenvalue weighted by atomic mass is 10.0. The number of methoxy groups -OCH3 is 2. The Morgan fingerprint density at radius 1 is 0.857 bits per heavy atom. The van der Waals surface area contributed by atoms with Crippen LogP contribution in [0.1, 0.15) is 16.5 Å². The zero-order valence-electron chi connectivity index (χ0n) is 11.3. The number of alkyl halides is 1. The number of ether oxygens (including phenoxy) is 2. The van der Waals surface area contributed by atoms with Crippen LogP contribution in [-0.4, -0.2) is 14.2 Å². The van der Waals surface area contributed by atoms with Crippen molar-refractivity contribution in [1.29, 1.82) is 0 Å². The largest absolute Gasteiger partial charge is 0.495 e. The number of hydrogen-bond acceptors (Lipinski definition) is 2. The molecule has 6 heteroatoms. The van der Waals surface area contributed by atoms with Crippen molar-refractivity contribution in [2.45, 2.75) is 5.38 Å². The molecule has 2 rings (SSSR count). The van der Waals surface area contributed by atoms with Crippen molar-refractivity contribution in [3.8, 4) is 11.5 Å². The van der Waals surface area contributed by atoms with Crippen LogP contribution in [-0.2, 0) is 0 Å². The molecule has 0 aromatic heterocycles. The molecule has 0 radical (unpaired) electrons. The molecule has 2 aromatic carbocycles. The molecule has 0 N–H and O–H groups in total. The van der Waals surface area contributed by atoms with E-state index in [4.69, 9.17) is 55.9 Å². The number of halogens is 4. The van der Waals surface area contributed by atoms with Crippen LogP contribution >= 0.6 is 46.4 Å². The molecule has 0 spiro atoms. The molecule has 0 fully saturated rings. The fourth-order valence-electron chi connectivity index (χ4n) is 2.00. The molecule has 0 aliphatic carbocycles. The Morgan fingerprint density at radius 3 is 2.19 bits per heavy atom. The lowest BCUT2D eigenvalue weighted by Gasteiger charge is -2.18. The molecule has 0 aliphatic heterocycles. The molecule has 0 heterocycles. The number of rotatable bonds is 4. The van der Waals surface area contributed by atoms with Gasteiger partial charge in [0.1, 0.15) is 16.5 Å². The smallest absolute Gasteiger partial charge is 0.146 e. The van der Waals surface area contributed by atoms with Gasteiger partial charge >= 0.3 is 0 Å². The topological polar surface area (TPSA) is 18.5 Å². The summed E-state index contributed by atoms with van der Waals surface area (Å²) in [4.78, 5) is 0. The first-order chi connectivity index (χ1) is 10.0. The first kappa shape index (κ1) is 16.6. The fourth-order valence-corrected chi connectivity index (χ4v) is 3.15. The minimum Gasteiger partial charge on any atom is -0.495 e. The highest BCUT2D eigenvalue weighted by molar-refractivity contribution is 6.43. The third-order valence-corrected chi connectivity index (χ3v) is 4.71. The van der Waals surface area contributed by atoms with Gasteiger partial charge in [0.15, 0.2) is 0 Å². The van der Waals surface area contributed by atoms with E-state index in [1.54, 1.807) is 24.3 Å². The Balaban J connectivity index is 2.56. The van der Waals surface area contributed by atoms with Gasteiger partial charge in [-0.25, -0.2) is 0 Å². The van der Waals surface area contributed by atoms with E-state index in [1.165, 1.54) is 14.2 Å². The molecule has 0 aliphatic rings. The van der Waals surface area contributed by atoms with Gasteiger partial charge in [-0.2, -0.15) is 0 Å². The first-order valence-electron chi connectivity index (χ1n) is 5.99. The van der Waals surface area contributed by atoms with E-state index in [0.717, 1.165) is 0 Å². The van der Waals surface area contributed by atoms with Crippen LogP contribution in [0, 0.1) is 0 Å². The molecule has 1 atom stereocenters. The molecule has 2 nitrogen and oxygen atoms in total.